The number of likely N-dealkylation sites (tertiary alicyclic amines) is 1. The second-order valence-corrected chi connectivity index (χ2v) is 4.74. The SMILES string of the molecule is Cc1c(F)cccc1NC(=O)N1CCCCCC1. The molecule has 1 aromatic rings. The lowest BCUT2D eigenvalue weighted by Crippen LogP contribution is -2.35. The molecule has 1 aliphatic heterocycles. The Morgan fingerprint density at radius 1 is 1.22 bits per heavy atom. The van der Waals surface area contributed by atoms with Gasteiger partial charge in [0.2, 0.25) is 0 Å². The first-order valence-corrected chi connectivity index (χ1v) is 6.49. The van der Waals surface area contributed by atoms with Gasteiger partial charge in [0, 0.05) is 24.3 Å². The third kappa shape index (κ3) is 3.00. The fourth-order valence-electron chi connectivity index (χ4n) is 2.21. The fraction of sp³-hybridized carbons (Fsp3) is 0.500. The lowest BCUT2D eigenvalue weighted by atomic mass is 10.2. The van der Waals surface area contributed by atoms with Crippen molar-refractivity contribution in [2.45, 2.75) is 32.6 Å². The van der Waals surface area contributed by atoms with Gasteiger partial charge in [0.05, 0.1) is 0 Å². The molecular weight excluding hydrogens is 231 g/mol. The Morgan fingerprint density at radius 2 is 1.89 bits per heavy atom. The normalized spacial score (nSPS) is 16.2. The number of hydrogen-bond acceptors (Lipinski definition) is 1. The van der Waals surface area contributed by atoms with Crippen molar-refractivity contribution in [1.29, 1.82) is 0 Å². The van der Waals surface area contributed by atoms with Gasteiger partial charge in [-0.2, -0.15) is 0 Å². The van der Waals surface area contributed by atoms with E-state index in [1.54, 1.807) is 19.1 Å². The highest BCUT2D eigenvalue weighted by Crippen LogP contribution is 2.18. The molecule has 1 N–H and O–H groups in total. The first-order valence-electron chi connectivity index (χ1n) is 6.49. The van der Waals surface area contributed by atoms with E-state index in [0.717, 1.165) is 25.9 Å². The van der Waals surface area contributed by atoms with Gasteiger partial charge in [-0.25, -0.2) is 9.18 Å². The Kier molecular flexibility index (Phi) is 4.18. The summed E-state index contributed by atoms with van der Waals surface area (Å²) in [5.74, 6) is -0.288. The van der Waals surface area contributed by atoms with Crippen LogP contribution >= 0.6 is 0 Å². The zero-order valence-corrected chi connectivity index (χ0v) is 10.7. The second-order valence-electron chi connectivity index (χ2n) is 4.74. The largest absolute Gasteiger partial charge is 0.325 e. The first kappa shape index (κ1) is 12.9. The predicted octanol–water partition coefficient (Wildman–Crippen LogP) is 3.54. The van der Waals surface area contributed by atoms with Crippen molar-refractivity contribution in [3.8, 4) is 0 Å². The maximum Gasteiger partial charge on any atom is 0.321 e. The molecule has 3 nitrogen and oxygen atoms in total. The van der Waals surface area contributed by atoms with Crippen molar-refractivity contribution >= 4 is 11.7 Å². The molecule has 1 fully saturated rings. The average Bonchev–Trinajstić information content (AvgIpc) is 2.63. The Labute approximate surface area is 107 Å². The maximum absolute atomic E-state index is 13.4. The summed E-state index contributed by atoms with van der Waals surface area (Å²) in [7, 11) is 0. The molecule has 0 radical (unpaired) electrons. The summed E-state index contributed by atoms with van der Waals surface area (Å²) in [6.45, 7) is 3.26. The van der Waals surface area contributed by atoms with E-state index in [9.17, 15) is 9.18 Å². The number of benzene rings is 1. The zero-order valence-electron chi connectivity index (χ0n) is 10.7. The second kappa shape index (κ2) is 5.85. The van der Waals surface area contributed by atoms with Crippen molar-refractivity contribution in [2.24, 2.45) is 0 Å². The summed E-state index contributed by atoms with van der Waals surface area (Å²) < 4.78 is 13.4. The topological polar surface area (TPSA) is 32.3 Å². The number of nitrogens with one attached hydrogen (secondary N) is 1. The maximum atomic E-state index is 13.4. The van der Waals surface area contributed by atoms with Crippen molar-refractivity contribution in [2.75, 3.05) is 18.4 Å². The Hall–Kier alpha value is -1.58. The van der Waals surface area contributed by atoms with Crippen LogP contribution < -0.4 is 5.32 Å². The highest BCUT2D eigenvalue weighted by molar-refractivity contribution is 5.90. The molecule has 0 atom stereocenters. The van der Waals surface area contributed by atoms with Gasteiger partial charge in [-0.3, -0.25) is 0 Å². The third-order valence-corrected chi connectivity index (χ3v) is 3.40. The number of carbonyl (C=O) groups excluding carboxylic acids is 1. The van der Waals surface area contributed by atoms with E-state index in [0.29, 0.717) is 11.3 Å². The van der Waals surface area contributed by atoms with E-state index in [4.69, 9.17) is 0 Å². The summed E-state index contributed by atoms with van der Waals surface area (Å²) >= 11 is 0. The molecule has 0 unspecified atom stereocenters. The van der Waals surface area contributed by atoms with Crippen LogP contribution in [0.2, 0.25) is 0 Å². The number of amides is 2. The summed E-state index contributed by atoms with van der Waals surface area (Å²) in [5.41, 5.74) is 1.05. The standard InChI is InChI=1S/C14H19FN2O/c1-11-12(15)7-6-8-13(11)16-14(18)17-9-4-2-3-5-10-17/h6-8H,2-5,9-10H2,1H3,(H,16,18). The lowest BCUT2D eigenvalue weighted by Gasteiger charge is -2.21. The van der Waals surface area contributed by atoms with Gasteiger partial charge in [-0.15, -0.1) is 0 Å². The lowest BCUT2D eigenvalue weighted by molar-refractivity contribution is 0.213. The Balaban J connectivity index is 2.03. The van der Waals surface area contributed by atoms with Crippen LogP contribution in [0.25, 0.3) is 0 Å². The predicted molar refractivity (Wildman–Crippen MR) is 70.2 cm³/mol. The van der Waals surface area contributed by atoms with Crippen LogP contribution in [0, 0.1) is 12.7 Å². The van der Waals surface area contributed by atoms with Gasteiger partial charge in [0.25, 0.3) is 0 Å². The molecule has 2 rings (SSSR count). The molecule has 4 heteroatoms. The molecule has 0 aromatic heterocycles. The molecule has 1 saturated heterocycles. The minimum atomic E-state index is -0.288. The number of carbonyl (C=O) groups is 1. The minimum absolute atomic E-state index is 0.120. The van der Waals surface area contributed by atoms with Gasteiger partial charge in [0.15, 0.2) is 0 Å². The van der Waals surface area contributed by atoms with Crippen LogP contribution in [0.5, 0.6) is 0 Å². The van der Waals surface area contributed by atoms with Crippen LogP contribution in [-0.2, 0) is 0 Å². The summed E-state index contributed by atoms with van der Waals surface area (Å²) in [6.07, 6.45) is 4.47. The van der Waals surface area contributed by atoms with E-state index < -0.39 is 0 Å². The van der Waals surface area contributed by atoms with Crippen LogP contribution in [0.4, 0.5) is 14.9 Å². The van der Waals surface area contributed by atoms with Crippen LogP contribution in [0.1, 0.15) is 31.2 Å². The molecule has 1 aliphatic rings. The van der Waals surface area contributed by atoms with Gasteiger partial charge in [0.1, 0.15) is 5.82 Å². The Bertz CT molecular complexity index is 426. The fourth-order valence-corrected chi connectivity index (χ4v) is 2.21. The van der Waals surface area contributed by atoms with Crippen molar-refractivity contribution in [1.82, 2.24) is 4.90 Å². The number of hydrogen-bond donors (Lipinski definition) is 1. The molecule has 0 bridgehead atoms. The van der Waals surface area contributed by atoms with E-state index in [1.165, 1.54) is 18.9 Å². The summed E-state index contributed by atoms with van der Waals surface area (Å²) in [5, 5.41) is 2.80. The molecule has 1 aromatic carbocycles. The van der Waals surface area contributed by atoms with Gasteiger partial charge in [-0.1, -0.05) is 18.9 Å². The smallest absolute Gasteiger partial charge is 0.321 e. The summed E-state index contributed by atoms with van der Waals surface area (Å²) in [6, 6.07) is 4.62. The van der Waals surface area contributed by atoms with E-state index >= 15 is 0 Å². The zero-order chi connectivity index (χ0) is 13.0. The van der Waals surface area contributed by atoms with Gasteiger partial charge < -0.3 is 10.2 Å². The highest BCUT2D eigenvalue weighted by atomic mass is 19.1. The van der Waals surface area contributed by atoms with Gasteiger partial charge >= 0.3 is 6.03 Å². The quantitative estimate of drug-likeness (QED) is 0.812. The highest BCUT2D eigenvalue weighted by Gasteiger charge is 2.16. The van der Waals surface area contributed by atoms with Crippen LogP contribution in [0.15, 0.2) is 18.2 Å². The van der Waals surface area contributed by atoms with E-state index in [1.807, 2.05) is 4.90 Å². The molecular formula is C14H19FN2O. The first-order chi connectivity index (χ1) is 8.68. The number of nitrogens with zero attached hydrogens (tertiary/aromatic N) is 1. The van der Waals surface area contributed by atoms with E-state index in [-0.39, 0.29) is 11.8 Å². The van der Waals surface area contributed by atoms with Crippen molar-refractivity contribution in [3.63, 3.8) is 0 Å². The van der Waals surface area contributed by atoms with Crippen molar-refractivity contribution in [3.05, 3.63) is 29.6 Å². The van der Waals surface area contributed by atoms with Crippen LogP contribution in [-0.4, -0.2) is 24.0 Å². The Morgan fingerprint density at radius 3 is 2.56 bits per heavy atom. The monoisotopic (exact) mass is 250 g/mol. The number of anilines is 1. The minimum Gasteiger partial charge on any atom is -0.325 e. The third-order valence-electron chi connectivity index (χ3n) is 3.40. The molecule has 0 spiro atoms. The number of rotatable bonds is 1. The molecule has 2 amide bonds. The molecule has 98 valence electrons. The van der Waals surface area contributed by atoms with Crippen LogP contribution in [0.3, 0.4) is 0 Å². The van der Waals surface area contributed by atoms with Crippen molar-refractivity contribution < 1.29 is 9.18 Å². The molecule has 0 aliphatic carbocycles. The summed E-state index contributed by atoms with van der Waals surface area (Å²) in [4.78, 5) is 13.9. The number of urea groups is 1. The molecule has 0 saturated carbocycles. The van der Waals surface area contributed by atoms with E-state index in [2.05, 4.69) is 5.32 Å². The number of halogens is 1. The molecule has 1 heterocycles. The average molecular weight is 250 g/mol. The van der Waals surface area contributed by atoms with Gasteiger partial charge in [-0.05, 0) is 31.9 Å². The molecule has 18 heavy (non-hydrogen) atoms.